The third kappa shape index (κ3) is 4.82. The molecule has 2 nitrogen and oxygen atoms in total. The van der Waals surface area contributed by atoms with E-state index in [9.17, 15) is 5.11 Å². The third-order valence-corrected chi connectivity index (χ3v) is 4.94. The van der Waals surface area contributed by atoms with Crippen LogP contribution >= 0.6 is 0 Å². The lowest BCUT2D eigenvalue weighted by Gasteiger charge is -2.23. The Hall–Kier alpha value is -0.860. The Morgan fingerprint density at radius 1 is 1.10 bits per heavy atom. The number of rotatable bonds is 5. The smallest absolute Gasteiger partial charge is 0.0916 e. The topological polar surface area (TPSA) is 23.5 Å². The Morgan fingerprint density at radius 2 is 1.76 bits per heavy atom. The van der Waals surface area contributed by atoms with Crippen LogP contribution in [0, 0.1) is 5.92 Å². The molecule has 1 aliphatic rings. The molecule has 1 heterocycles. The number of aliphatic hydroxyl groups is 1. The summed E-state index contributed by atoms with van der Waals surface area (Å²) in [5.74, 6) is 1.44. The molecule has 1 aliphatic heterocycles. The van der Waals surface area contributed by atoms with Crippen molar-refractivity contribution in [2.75, 3.05) is 19.6 Å². The van der Waals surface area contributed by atoms with E-state index in [0.29, 0.717) is 5.92 Å². The maximum Gasteiger partial charge on any atom is 0.0916 e. The summed E-state index contributed by atoms with van der Waals surface area (Å²) in [5, 5.41) is 10.5. The van der Waals surface area contributed by atoms with Crippen LogP contribution in [0.1, 0.15) is 69.6 Å². The van der Waals surface area contributed by atoms with E-state index in [1.807, 2.05) is 0 Å². The summed E-state index contributed by atoms with van der Waals surface area (Å²) in [7, 11) is 0. The number of aliphatic hydroxyl groups excluding tert-OH is 1. The van der Waals surface area contributed by atoms with Crippen LogP contribution < -0.4 is 0 Å². The monoisotopic (exact) mass is 289 g/mol. The molecule has 2 unspecified atom stereocenters. The molecule has 21 heavy (non-hydrogen) atoms. The van der Waals surface area contributed by atoms with Crippen LogP contribution in [0.4, 0.5) is 0 Å². The van der Waals surface area contributed by atoms with Crippen LogP contribution in [-0.2, 0) is 0 Å². The first kappa shape index (κ1) is 16.5. The van der Waals surface area contributed by atoms with Gasteiger partial charge in [0.1, 0.15) is 0 Å². The first-order valence-corrected chi connectivity index (χ1v) is 8.60. The molecular weight excluding hydrogens is 258 g/mol. The first-order valence-electron chi connectivity index (χ1n) is 8.60. The van der Waals surface area contributed by atoms with Gasteiger partial charge in [-0.15, -0.1) is 0 Å². The quantitative estimate of drug-likeness (QED) is 0.871. The summed E-state index contributed by atoms with van der Waals surface area (Å²) in [6.45, 7) is 9.75. The Morgan fingerprint density at radius 3 is 2.38 bits per heavy atom. The molecule has 2 rings (SSSR count). The molecule has 1 N–H and O–H groups in total. The van der Waals surface area contributed by atoms with Gasteiger partial charge >= 0.3 is 0 Å². The molecule has 0 saturated carbocycles. The molecule has 1 aromatic carbocycles. The van der Waals surface area contributed by atoms with E-state index in [2.05, 4.69) is 49.9 Å². The number of benzene rings is 1. The first-order chi connectivity index (χ1) is 10.1. The van der Waals surface area contributed by atoms with E-state index in [1.165, 1.54) is 31.2 Å². The molecule has 0 radical (unpaired) electrons. The van der Waals surface area contributed by atoms with Crippen molar-refractivity contribution in [3.8, 4) is 0 Å². The Kier molecular flexibility index (Phi) is 6.25. The van der Waals surface area contributed by atoms with Gasteiger partial charge in [0.15, 0.2) is 0 Å². The van der Waals surface area contributed by atoms with Crippen molar-refractivity contribution >= 4 is 0 Å². The molecule has 0 amide bonds. The zero-order chi connectivity index (χ0) is 15.2. The van der Waals surface area contributed by atoms with E-state index >= 15 is 0 Å². The van der Waals surface area contributed by atoms with Crippen molar-refractivity contribution < 1.29 is 5.11 Å². The van der Waals surface area contributed by atoms with Crippen molar-refractivity contribution in [1.29, 1.82) is 0 Å². The second-order valence-electron chi connectivity index (χ2n) is 6.84. The Bertz CT molecular complexity index is 412. The fourth-order valence-electron chi connectivity index (χ4n) is 3.27. The van der Waals surface area contributed by atoms with Crippen molar-refractivity contribution in [3.05, 3.63) is 35.4 Å². The van der Waals surface area contributed by atoms with Crippen LogP contribution in [0.5, 0.6) is 0 Å². The third-order valence-electron chi connectivity index (χ3n) is 4.94. The van der Waals surface area contributed by atoms with Gasteiger partial charge in [-0.3, -0.25) is 0 Å². The van der Waals surface area contributed by atoms with Crippen LogP contribution in [0.25, 0.3) is 0 Å². The predicted octanol–water partition coefficient (Wildman–Crippen LogP) is 4.36. The molecule has 1 fully saturated rings. The van der Waals surface area contributed by atoms with E-state index < -0.39 is 0 Å². The van der Waals surface area contributed by atoms with Gasteiger partial charge in [-0.2, -0.15) is 0 Å². The number of nitrogens with zero attached hydrogens (tertiary/aromatic N) is 1. The second kappa shape index (κ2) is 7.95. The van der Waals surface area contributed by atoms with Crippen LogP contribution in [-0.4, -0.2) is 29.6 Å². The largest absolute Gasteiger partial charge is 0.387 e. The zero-order valence-electron chi connectivity index (χ0n) is 13.9. The van der Waals surface area contributed by atoms with E-state index in [4.69, 9.17) is 0 Å². The molecule has 118 valence electrons. The number of β-amino-alcohol motifs (C(OH)–C–C–N with tert-alkyl or cyclic N) is 1. The summed E-state index contributed by atoms with van der Waals surface area (Å²) in [5.41, 5.74) is 2.39. The zero-order valence-corrected chi connectivity index (χ0v) is 13.9. The lowest BCUT2D eigenvalue weighted by Crippen LogP contribution is -2.29. The molecule has 1 aromatic rings. The van der Waals surface area contributed by atoms with Crippen molar-refractivity contribution in [1.82, 2.24) is 4.90 Å². The van der Waals surface area contributed by atoms with Gasteiger partial charge in [-0.05, 0) is 55.3 Å². The molecule has 0 aromatic heterocycles. The Labute approximate surface area is 130 Å². The van der Waals surface area contributed by atoms with Crippen LogP contribution in [0.3, 0.4) is 0 Å². The van der Waals surface area contributed by atoms with Crippen LogP contribution in [0.2, 0.25) is 0 Å². The van der Waals surface area contributed by atoms with Gasteiger partial charge < -0.3 is 10.0 Å². The van der Waals surface area contributed by atoms with Crippen molar-refractivity contribution in [2.24, 2.45) is 5.92 Å². The van der Waals surface area contributed by atoms with Gasteiger partial charge in [0.2, 0.25) is 0 Å². The van der Waals surface area contributed by atoms with Gasteiger partial charge in [0, 0.05) is 6.54 Å². The standard InChI is InChI=1S/C19H31NO/c1-4-16-6-5-12-20(13-11-16)14-19(21)18-9-7-17(8-10-18)15(2)3/h7-10,15-16,19,21H,4-6,11-14H2,1-3H3. The summed E-state index contributed by atoms with van der Waals surface area (Å²) in [6.07, 6.45) is 4.86. The SMILES string of the molecule is CCC1CCCN(CC(O)c2ccc(C(C)C)cc2)CC1. The fourth-order valence-corrected chi connectivity index (χ4v) is 3.27. The number of hydrogen-bond acceptors (Lipinski definition) is 2. The molecule has 0 spiro atoms. The van der Waals surface area contributed by atoms with Gasteiger partial charge in [-0.25, -0.2) is 0 Å². The minimum Gasteiger partial charge on any atom is -0.387 e. The number of hydrogen-bond donors (Lipinski definition) is 1. The molecule has 0 bridgehead atoms. The van der Waals surface area contributed by atoms with Crippen molar-refractivity contribution in [2.45, 2.75) is 58.5 Å². The van der Waals surface area contributed by atoms with Crippen LogP contribution in [0.15, 0.2) is 24.3 Å². The summed E-state index contributed by atoms with van der Waals surface area (Å²) >= 11 is 0. The normalized spacial score (nSPS) is 22.2. The minimum absolute atomic E-state index is 0.357. The van der Waals surface area contributed by atoms with Crippen molar-refractivity contribution in [3.63, 3.8) is 0 Å². The highest BCUT2D eigenvalue weighted by molar-refractivity contribution is 5.26. The van der Waals surface area contributed by atoms with Gasteiger partial charge in [-0.1, -0.05) is 51.5 Å². The maximum atomic E-state index is 10.5. The molecule has 1 saturated heterocycles. The predicted molar refractivity (Wildman–Crippen MR) is 89.6 cm³/mol. The highest BCUT2D eigenvalue weighted by Crippen LogP contribution is 2.23. The van der Waals surface area contributed by atoms with E-state index in [1.54, 1.807) is 0 Å². The summed E-state index contributed by atoms with van der Waals surface area (Å²) in [6, 6.07) is 8.48. The van der Waals surface area contributed by atoms with Gasteiger partial charge in [0.05, 0.1) is 6.10 Å². The van der Waals surface area contributed by atoms with E-state index in [0.717, 1.165) is 31.1 Å². The molecule has 2 heteroatoms. The number of likely N-dealkylation sites (tertiary alicyclic amines) is 1. The Balaban J connectivity index is 1.89. The lowest BCUT2D eigenvalue weighted by molar-refractivity contribution is 0.114. The average molecular weight is 289 g/mol. The second-order valence-corrected chi connectivity index (χ2v) is 6.84. The summed E-state index contributed by atoms with van der Waals surface area (Å²) in [4.78, 5) is 2.44. The lowest BCUT2D eigenvalue weighted by atomic mass is 9.98. The summed E-state index contributed by atoms with van der Waals surface area (Å²) < 4.78 is 0. The maximum absolute atomic E-state index is 10.5. The fraction of sp³-hybridized carbons (Fsp3) is 0.684. The minimum atomic E-state index is -0.357. The molecule has 0 aliphatic carbocycles. The van der Waals surface area contributed by atoms with Gasteiger partial charge in [0.25, 0.3) is 0 Å². The average Bonchev–Trinajstić information content (AvgIpc) is 2.72. The van der Waals surface area contributed by atoms with E-state index in [-0.39, 0.29) is 6.10 Å². The highest BCUT2D eigenvalue weighted by Gasteiger charge is 2.18. The molecule has 2 atom stereocenters. The molecular formula is C19H31NO. The highest BCUT2D eigenvalue weighted by atomic mass is 16.3.